The van der Waals surface area contributed by atoms with Crippen LogP contribution >= 0.6 is 0 Å². The summed E-state index contributed by atoms with van der Waals surface area (Å²) in [6, 6.07) is 9.06. The fourth-order valence-electron chi connectivity index (χ4n) is 2.50. The van der Waals surface area contributed by atoms with Crippen LogP contribution in [0.5, 0.6) is 0 Å². The molecule has 0 amide bonds. The van der Waals surface area contributed by atoms with E-state index >= 15 is 0 Å². The van der Waals surface area contributed by atoms with Crippen LogP contribution in [-0.2, 0) is 16.7 Å². The largest absolute Gasteiger partial charge is 0.380 e. The third kappa shape index (κ3) is 3.33. The lowest BCUT2D eigenvalue weighted by Crippen LogP contribution is -2.22. The van der Waals surface area contributed by atoms with Gasteiger partial charge in [-0.15, -0.1) is 0 Å². The highest BCUT2D eigenvalue weighted by Crippen LogP contribution is 2.23. The summed E-state index contributed by atoms with van der Waals surface area (Å²) in [6.45, 7) is 10.0. The van der Waals surface area contributed by atoms with Gasteiger partial charge in [0.15, 0.2) is 0 Å². The molecule has 1 fully saturated rings. The molecule has 1 heterocycles. The Bertz CT molecular complexity index is 377. The first-order valence-electron chi connectivity index (χ1n) is 6.83. The number of ether oxygens (including phenoxy) is 1. The van der Waals surface area contributed by atoms with Crippen molar-refractivity contribution in [1.29, 1.82) is 0 Å². The zero-order valence-electron chi connectivity index (χ0n) is 12.1. The summed E-state index contributed by atoms with van der Waals surface area (Å²) in [6.07, 6.45) is 1.59. The number of likely N-dealkylation sites (tertiary alicyclic amines) is 1. The predicted molar refractivity (Wildman–Crippen MR) is 75.8 cm³/mol. The van der Waals surface area contributed by atoms with Crippen molar-refractivity contribution in [2.24, 2.45) is 0 Å². The molecule has 1 aliphatic heterocycles. The lowest BCUT2D eigenvalue weighted by molar-refractivity contribution is 0.107. The lowest BCUT2D eigenvalue weighted by Gasteiger charge is -2.20. The minimum Gasteiger partial charge on any atom is -0.380 e. The molecule has 2 heteroatoms. The van der Waals surface area contributed by atoms with Gasteiger partial charge in [0.25, 0.3) is 0 Å². The smallest absolute Gasteiger partial charge is 0.0710 e. The molecule has 0 saturated carbocycles. The Morgan fingerprint density at radius 3 is 2.39 bits per heavy atom. The van der Waals surface area contributed by atoms with Crippen molar-refractivity contribution in [3.05, 3.63) is 35.4 Å². The number of hydrogen-bond acceptors (Lipinski definition) is 2. The highest BCUT2D eigenvalue weighted by molar-refractivity contribution is 5.27. The molecule has 1 saturated heterocycles. The maximum Gasteiger partial charge on any atom is 0.0710 e. The van der Waals surface area contributed by atoms with Gasteiger partial charge in [0.2, 0.25) is 0 Å². The van der Waals surface area contributed by atoms with Crippen LogP contribution in [0.2, 0.25) is 0 Å². The van der Waals surface area contributed by atoms with Crippen LogP contribution in [-0.4, -0.2) is 31.2 Å². The van der Waals surface area contributed by atoms with Crippen LogP contribution in [0.3, 0.4) is 0 Å². The maximum absolute atomic E-state index is 5.40. The van der Waals surface area contributed by atoms with Gasteiger partial charge >= 0.3 is 0 Å². The van der Waals surface area contributed by atoms with Gasteiger partial charge in [-0.2, -0.15) is 0 Å². The average Bonchev–Trinajstić information content (AvgIpc) is 2.76. The molecule has 2 rings (SSSR count). The number of nitrogens with zero attached hydrogens (tertiary/aromatic N) is 1. The van der Waals surface area contributed by atoms with Gasteiger partial charge in [0.1, 0.15) is 0 Å². The minimum absolute atomic E-state index is 0.243. The summed E-state index contributed by atoms with van der Waals surface area (Å²) in [5.41, 5.74) is 3.05. The molecule has 1 atom stereocenters. The first-order chi connectivity index (χ1) is 8.49. The van der Waals surface area contributed by atoms with Crippen LogP contribution in [0.15, 0.2) is 24.3 Å². The second kappa shape index (κ2) is 5.41. The molecule has 0 spiro atoms. The van der Waals surface area contributed by atoms with E-state index in [-0.39, 0.29) is 5.41 Å². The molecule has 1 unspecified atom stereocenters. The first-order valence-corrected chi connectivity index (χ1v) is 6.83. The molecule has 2 nitrogen and oxygen atoms in total. The fourth-order valence-corrected chi connectivity index (χ4v) is 2.50. The SMILES string of the molecule is COC1CCN(Cc2ccc(C(C)(C)C)cc2)C1. The fraction of sp³-hybridized carbons (Fsp3) is 0.625. The van der Waals surface area contributed by atoms with Crippen LogP contribution < -0.4 is 0 Å². The van der Waals surface area contributed by atoms with Crippen LogP contribution in [0.4, 0.5) is 0 Å². The Morgan fingerprint density at radius 1 is 1.22 bits per heavy atom. The van der Waals surface area contributed by atoms with E-state index in [1.807, 2.05) is 7.11 Å². The Morgan fingerprint density at radius 2 is 1.89 bits per heavy atom. The summed E-state index contributed by atoms with van der Waals surface area (Å²) in [4.78, 5) is 2.47. The van der Waals surface area contributed by atoms with Crippen molar-refractivity contribution in [2.75, 3.05) is 20.2 Å². The van der Waals surface area contributed by atoms with Crippen molar-refractivity contribution in [2.45, 2.75) is 45.3 Å². The quantitative estimate of drug-likeness (QED) is 0.813. The molecule has 0 radical (unpaired) electrons. The second-order valence-electron chi connectivity index (χ2n) is 6.33. The Balaban J connectivity index is 1.95. The molecular weight excluding hydrogens is 222 g/mol. The van der Waals surface area contributed by atoms with Crippen molar-refractivity contribution in [3.63, 3.8) is 0 Å². The summed E-state index contributed by atoms with van der Waals surface area (Å²) >= 11 is 0. The summed E-state index contributed by atoms with van der Waals surface area (Å²) in [5, 5.41) is 0. The van der Waals surface area contributed by atoms with Gasteiger partial charge in [0, 0.05) is 26.7 Å². The Hall–Kier alpha value is -0.860. The van der Waals surface area contributed by atoms with Gasteiger partial charge in [-0.25, -0.2) is 0 Å². The highest BCUT2D eigenvalue weighted by Gasteiger charge is 2.22. The molecule has 1 aromatic rings. The normalized spacial score (nSPS) is 21.4. The molecule has 100 valence electrons. The Kier molecular flexibility index (Phi) is 4.08. The van der Waals surface area contributed by atoms with Crippen molar-refractivity contribution in [1.82, 2.24) is 4.90 Å². The number of benzene rings is 1. The minimum atomic E-state index is 0.243. The van der Waals surface area contributed by atoms with Gasteiger partial charge in [-0.1, -0.05) is 45.0 Å². The van der Waals surface area contributed by atoms with Crippen molar-refractivity contribution in [3.8, 4) is 0 Å². The molecule has 0 bridgehead atoms. The van der Waals surface area contributed by atoms with Crippen LogP contribution in [0.1, 0.15) is 38.3 Å². The summed E-state index contributed by atoms with van der Waals surface area (Å²) in [7, 11) is 1.81. The van der Waals surface area contributed by atoms with E-state index in [1.165, 1.54) is 11.1 Å². The van der Waals surface area contributed by atoms with Gasteiger partial charge in [-0.3, -0.25) is 4.90 Å². The summed E-state index contributed by atoms with van der Waals surface area (Å²) < 4.78 is 5.40. The van der Waals surface area contributed by atoms with Gasteiger partial charge in [0.05, 0.1) is 6.10 Å². The van der Waals surface area contributed by atoms with Crippen LogP contribution in [0, 0.1) is 0 Å². The third-order valence-electron chi connectivity index (χ3n) is 3.79. The van der Waals surface area contributed by atoms with E-state index in [9.17, 15) is 0 Å². The molecule has 0 aromatic heterocycles. The number of hydrogen-bond donors (Lipinski definition) is 0. The molecule has 0 aliphatic carbocycles. The highest BCUT2D eigenvalue weighted by atomic mass is 16.5. The zero-order valence-corrected chi connectivity index (χ0v) is 12.1. The van der Waals surface area contributed by atoms with Crippen molar-refractivity contribution < 1.29 is 4.74 Å². The standard InChI is InChI=1S/C16H25NO/c1-16(2,3)14-7-5-13(6-8-14)11-17-10-9-15(12-17)18-4/h5-8,15H,9-12H2,1-4H3. The Labute approximate surface area is 111 Å². The predicted octanol–water partition coefficient (Wildman–Crippen LogP) is 3.20. The molecule has 18 heavy (non-hydrogen) atoms. The monoisotopic (exact) mass is 247 g/mol. The van der Waals surface area contributed by atoms with Crippen LogP contribution in [0.25, 0.3) is 0 Å². The van der Waals surface area contributed by atoms with E-state index in [4.69, 9.17) is 4.74 Å². The van der Waals surface area contributed by atoms with E-state index in [0.29, 0.717) is 6.10 Å². The molecule has 0 N–H and O–H groups in total. The average molecular weight is 247 g/mol. The maximum atomic E-state index is 5.40. The van der Waals surface area contributed by atoms with Gasteiger partial charge in [-0.05, 0) is 23.0 Å². The number of methoxy groups -OCH3 is 1. The van der Waals surface area contributed by atoms with E-state index in [0.717, 1.165) is 26.1 Å². The number of rotatable bonds is 3. The summed E-state index contributed by atoms with van der Waals surface area (Å²) in [5.74, 6) is 0. The van der Waals surface area contributed by atoms with E-state index in [2.05, 4.69) is 49.9 Å². The van der Waals surface area contributed by atoms with Gasteiger partial charge < -0.3 is 4.74 Å². The van der Waals surface area contributed by atoms with Crippen molar-refractivity contribution >= 4 is 0 Å². The van der Waals surface area contributed by atoms with E-state index < -0.39 is 0 Å². The molecule has 1 aromatic carbocycles. The molecule has 1 aliphatic rings. The lowest BCUT2D eigenvalue weighted by atomic mass is 9.87. The topological polar surface area (TPSA) is 12.5 Å². The van der Waals surface area contributed by atoms with E-state index in [1.54, 1.807) is 0 Å². The third-order valence-corrected chi connectivity index (χ3v) is 3.79. The molecular formula is C16H25NO. The second-order valence-corrected chi connectivity index (χ2v) is 6.33. The first kappa shape index (κ1) is 13.6. The zero-order chi connectivity index (χ0) is 13.2.